The molecular weight excluding hydrogens is 232 g/mol. The molecule has 0 aliphatic heterocycles. The molecule has 0 saturated carbocycles. The SMILES string of the molecule is O=C(Cc1nc(-c2cccnc2)no1)C(F)F. The van der Waals surface area contributed by atoms with Gasteiger partial charge in [0.25, 0.3) is 6.43 Å². The summed E-state index contributed by atoms with van der Waals surface area (Å²) in [6.45, 7) is 0. The fraction of sp³-hybridized carbons (Fsp3) is 0.200. The number of hydrogen-bond donors (Lipinski definition) is 0. The Kier molecular flexibility index (Phi) is 3.17. The maximum atomic E-state index is 12.0. The Morgan fingerprint density at radius 3 is 2.94 bits per heavy atom. The minimum atomic E-state index is -3.02. The van der Waals surface area contributed by atoms with Gasteiger partial charge in [0.15, 0.2) is 0 Å². The monoisotopic (exact) mass is 239 g/mol. The van der Waals surface area contributed by atoms with Gasteiger partial charge in [0.2, 0.25) is 17.5 Å². The van der Waals surface area contributed by atoms with Gasteiger partial charge < -0.3 is 4.52 Å². The smallest absolute Gasteiger partial charge is 0.296 e. The number of ketones is 1. The lowest BCUT2D eigenvalue weighted by molar-refractivity contribution is -0.129. The molecule has 0 saturated heterocycles. The van der Waals surface area contributed by atoms with E-state index in [2.05, 4.69) is 15.1 Å². The zero-order valence-electron chi connectivity index (χ0n) is 8.51. The van der Waals surface area contributed by atoms with Crippen LogP contribution in [-0.4, -0.2) is 27.3 Å². The molecule has 17 heavy (non-hydrogen) atoms. The molecule has 2 rings (SSSR count). The van der Waals surface area contributed by atoms with Crippen molar-refractivity contribution in [1.29, 1.82) is 0 Å². The molecule has 0 aliphatic carbocycles. The summed E-state index contributed by atoms with van der Waals surface area (Å²) in [6.07, 6.45) is -0.511. The summed E-state index contributed by atoms with van der Waals surface area (Å²) in [5.74, 6) is -1.16. The minimum absolute atomic E-state index is 0.130. The number of aromatic nitrogens is 3. The maximum Gasteiger partial charge on any atom is 0.296 e. The first-order valence-electron chi connectivity index (χ1n) is 4.70. The zero-order chi connectivity index (χ0) is 12.3. The zero-order valence-corrected chi connectivity index (χ0v) is 8.51. The normalized spacial score (nSPS) is 10.8. The first kappa shape index (κ1) is 11.3. The Hall–Kier alpha value is -2.18. The predicted molar refractivity (Wildman–Crippen MR) is 52.2 cm³/mol. The van der Waals surface area contributed by atoms with Crippen LogP contribution in [0.1, 0.15) is 5.89 Å². The van der Waals surface area contributed by atoms with E-state index < -0.39 is 18.6 Å². The molecule has 0 spiro atoms. The van der Waals surface area contributed by atoms with Gasteiger partial charge >= 0.3 is 0 Å². The number of rotatable bonds is 4. The van der Waals surface area contributed by atoms with Gasteiger partial charge in [0.1, 0.15) is 0 Å². The van der Waals surface area contributed by atoms with Crippen LogP contribution in [0.15, 0.2) is 29.0 Å². The molecule has 0 radical (unpaired) electrons. The summed E-state index contributed by atoms with van der Waals surface area (Å²) < 4.78 is 28.7. The number of carbonyl (C=O) groups excluding carboxylic acids is 1. The van der Waals surface area contributed by atoms with Gasteiger partial charge in [0.05, 0.1) is 6.42 Å². The predicted octanol–water partition coefficient (Wildman–Crippen LogP) is 1.51. The van der Waals surface area contributed by atoms with Gasteiger partial charge in [-0.2, -0.15) is 4.98 Å². The van der Waals surface area contributed by atoms with Crippen LogP contribution in [0.4, 0.5) is 8.78 Å². The van der Waals surface area contributed by atoms with E-state index in [4.69, 9.17) is 4.52 Å². The highest BCUT2D eigenvalue weighted by Crippen LogP contribution is 2.14. The molecular formula is C10H7F2N3O2. The summed E-state index contributed by atoms with van der Waals surface area (Å²) in [7, 11) is 0. The third-order valence-electron chi connectivity index (χ3n) is 1.96. The van der Waals surface area contributed by atoms with E-state index >= 15 is 0 Å². The van der Waals surface area contributed by atoms with Crippen LogP contribution >= 0.6 is 0 Å². The number of pyridine rings is 1. The Balaban J connectivity index is 2.14. The first-order valence-corrected chi connectivity index (χ1v) is 4.70. The van der Waals surface area contributed by atoms with Gasteiger partial charge in [-0.1, -0.05) is 5.16 Å². The van der Waals surface area contributed by atoms with E-state index in [0.717, 1.165) is 0 Å². The van der Waals surface area contributed by atoms with Crippen LogP contribution in [0, 0.1) is 0 Å². The van der Waals surface area contributed by atoms with Crippen molar-refractivity contribution in [3.05, 3.63) is 30.4 Å². The minimum Gasteiger partial charge on any atom is -0.338 e. The van der Waals surface area contributed by atoms with Crippen LogP contribution in [0.3, 0.4) is 0 Å². The second-order valence-corrected chi connectivity index (χ2v) is 3.20. The lowest BCUT2D eigenvalue weighted by Crippen LogP contribution is -2.12. The highest BCUT2D eigenvalue weighted by molar-refractivity contribution is 5.82. The molecule has 7 heteroatoms. The van der Waals surface area contributed by atoms with Gasteiger partial charge in [-0.15, -0.1) is 0 Å². The quantitative estimate of drug-likeness (QED) is 0.808. The maximum absolute atomic E-state index is 12.0. The molecule has 2 aromatic heterocycles. The Morgan fingerprint density at radius 1 is 1.47 bits per heavy atom. The summed E-state index contributed by atoms with van der Waals surface area (Å²) in [5.41, 5.74) is 0.590. The lowest BCUT2D eigenvalue weighted by Gasteiger charge is -1.92. The Labute approximate surface area is 94.5 Å². The third kappa shape index (κ3) is 2.68. The van der Waals surface area contributed by atoms with E-state index in [9.17, 15) is 13.6 Å². The molecule has 0 amide bonds. The van der Waals surface area contributed by atoms with Crippen molar-refractivity contribution in [3.8, 4) is 11.4 Å². The van der Waals surface area contributed by atoms with Crippen LogP contribution in [0.25, 0.3) is 11.4 Å². The van der Waals surface area contributed by atoms with E-state index in [1.54, 1.807) is 18.3 Å². The molecule has 88 valence electrons. The molecule has 2 aromatic rings. The van der Waals surface area contributed by atoms with Crippen molar-refractivity contribution in [2.45, 2.75) is 12.8 Å². The fourth-order valence-corrected chi connectivity index (χ4v) is 1.17. The second kappa shape index (κ2) is 4.77. The van der Waals surface area contributed by atoms with Crippen molar-refractivity contribution in [3.63, 3.8) is 0 Å². The molecule has 0 fully saturated rings. The van der Waals surface area contributed by atoms with Crippen LogP contribution in [0.5, 0.6) is 0 Å². The van der Waals surface area contributed by atoms with Crippen molar-refractivity contribution < 1.29 is 18.1 Å². The Morgan fingerprint density at radius 2 is 2.29 bits per heavy atom. The van der Waals surface area contributed by atoms with Gasteiger partial charge in [-0.3, -0.25) is 9.78 Å². The number of Topliss-reactive ketones (excluding diaryl/α,β-unsaturated/α-hetero) is 1. The number of hydrogen-bond acceptors (Lipinski definition) is 5. The lowest BCUT2D eigenvalue weighted by atomic mass is 10.2. The third-order valence-corrected chi connectivity index (χ3v) is 1.96. The largest absolute Gasteiger partial charge is 0.338 e. The van der Waals surface area contributed by atoms with E-state index in [1.807, 2.05) is 0 Å². The van der Waals surface area contributed by atoms with E-state index in [1.165, 1.54) is 6.20 Å². The molecule has 0 atom stereocenters. The first-order chi connectivity index (χ1) is 8.16. The summed E-state index contributed by atoms with van der Waals surface area (Å²) in [4.78, 5) is 18.4. The van der Waals surface area contributed by atoms with Gasteiger partial charge in [-0.25, -0.2) is 8.78 Å². The van der Waals surface area contributed by atoms with Gasteiger partial charge in [-0.05, 0) is 12.1 Å². The van der Waals surface area contributed by atoms with Crippen LogP contribution in [-0.2, 0) is 11.2 Å². The topological polar surface area (TPSA) is 68.9 Å². The van der Waals surface area contributed by atoms with Crippen molar-refractivity contribution in [2.24, 2.45) is 0 Å². The van der Waals surface area contributed by atoms with Crippen molar-refractivity contribution >= 4 is 5.78 Å². The molecule has 0 aliphatic rings. The number of nitrogens with zero attached hydrogens (tertiary/aromatic N) is 3. The van der Waals surface area contributed by atoms with E-state index in [0.29, 0.717) is 5.56 Å². The van der Waals surface area contributed by atoms with Crippen LogP contribution < -0.4 is 0 Å². The number of halogens is 2. The fourth-order valence-electron chi connectivity index (χ4n) is 1.17. The van der Waals surface area contributed by atoms with Crippen LogP contribution in [0.2, 0.25) is 0 Å². The second-order valence-electron chi connectivity index (χ2n) is 3.20. The summed E-state index contributed by atoms with van der Waals surface area (Å²) in [6, 6.07) is 3.37. The van der Waals surface area contributed by atoms with Gasteiger partial charge in [0, 0.05) is 18.0 Å². The number of alkyl halides is 2. The molecule has 5 nitrogen and oxygen atoms in total. The standard InChI is InChI=1S/C10H7F2N3O2/c11-9(12)7(16)4-8-14-10(15-17-8)6-2-1-3-13-5-6/h1-3,5,9H,4H2. The average molecular weight is 239 g/mol. The average Bonchev–Trinajstić information content (AvgIpc) is 2.78. The molecule has 2 heterocycles. The molecule has 0 bridgehead atoms. The molecule has 0 unspecified atom stereocenters. The number of carbonyl (C=O) groups is 1. The molecule has 0 N–H and O–H groups in total. The molecule has 0 aromatic carbocycles. The van der Waals surface area contributed by atoms with E-state index in [-0.39, 0.29) is 11.7 Å². The highest BCUT2D eigenvalue weighted by atomic mass is 19.3. The summed E-state index contributed by atoms with van der Waals surface area (Å²) >= 11 is 0. The Bertz CT molecular complexity index is 513. The van der Waals surface area contributed by atoms with Crippen molar-refractivity contribution in [2.75, 3.05) is 0 Å². The highest BCUT2D eigenvalue weighted by Gasteiger charge is 2.19. The van der Waals surface area contributed by atoms with Crippen molar-refractivity contribution in [1.82, 2.24) is 15.1 Å². The summed E-state index contributed by atoms with van der Waals surface area (Å²) in [5, 5.41) is 3.58.